The Hall–Kier alpha value is -3.04. The first-order valence-electron chi connectivity index (χ1n) is 13.9. The van der Waals surface area contributed by atoms with E-state index in [-0.39, 0.29) is 48.3 Å². The van der Waals surface area contributed by atoms with Crippen molar-refractivity contribution < 1.29 is 19.5 Å². The molecule has 8 nitrogen and oxygen atoms in total. The Balaban J connectivity index is 1.22. The van der Waals surface area contributed by atoms with Gasteiger partial charge in [0.25, 0.3) is 0 Å². The summed E-state index contributed by atoms with van der Waals surface area (Å²) in [5.41, 5.74) is 2.98. The molecule has 2 saturated heterocycles. The summed E-state index contributed by atoms with van der Waals surface area (Å²) < 4.78 is 0. The van der Waals surface area contributed by atoms with E-state index < -0.39 is 5.25 Å². The normalized spacial score (nSPS) is 22.7. The van der Waals surface area contributed by atoms with E-state index in [2.05, 4.69) is 19.2 Å². The van der Waals surface area contributed by atoms with Gasteiger partial charge < -0.3 is 25.1 Å². The lowest BCUT2D eigenvalue weighted by atomic mass is 10.00. The van der Waals surface area contributed by atoms with Gasteiger partial charge in [-0.15, -0.1) is 11.8 Å². The number of benzene rings is 2. The Labute approximate surface area is 234 Å². The number of urea groups is 1. The average molecular weight is 551 g/mol. The summed E-state index contributed by atoms with van der Waals surface area (Å²) in [4.78, 5) is 45.3. The van der Waals surface area contributed by atoms with Crippen LogP contribution in [-0.4, -0.2) is 74.7 Å². The largest absolute Gasteiger partial charge is 0.394 e. The van der Waals surface area contributed by atoms with E-state index in [1.165, 1.54) is 11.8 Å². The molecule has 2 fully saturated rings. The third-order valence-electron chi connectivity index (χ3n) is 7.99. The first-order valence-corrected chi connectivity index (χ1v) is 14.9. The zero-order valence-corrected chi connectivity index (χ0v) is 23.5. The number of carbonyl (C=O) groups excluding carboxylic acids is 3. The molecule has 5 rings (SSSR count). The zero-order chi connectivity index (χ0) is 27.5. The van der Waals surface area contributed by atoms with Crippen LogP contribution in [0, 0.1) is 5.92 Å². The Morgan fingerprint density at radius 1 is 1.05 bits per heavy atom. The van der Waals surface area contributed by atoms with Crippen LogP contribution in [0.5, 0.6) is 0 Å². The number of piperidine rings is 1. The van der Waals surface area contributed by atoms with Crippen LogP contribution in [-0.2, 0) is 16.1 Å². The lowest BCUT2D eigenvalue weighted by molar-refractivity contribution is -0.138. The first kappa shape index (κ1) is 27.5. The van der Waals surface area contributed by atoms with Crippen molar-refractivity contribution in [3.63, 3.8) is 0 Å². The van der Waals surface area contributed by atoms with Crippen LogP contribution in [0.2, 0.25) is 0 Å². The highest BCUT2D eigenvalue weighted by Gasteiger charge is 2.45. The van der Waals surface area contributed by atoms with E-state index >= 15 is 0 Å². The number of thioether (sulfide) groups is 1. The Morgan fingerprint density at radius 3 is 2.44 bits per heavy atom. The Kier molecular flexibility index (Phi) is 8.47. The molecule has 3 aliphatic rings. The summed E-state index contributed by atoms with van der Waals surface area (Å²) in [5, 5.41) is 12.5. The third kappa shape index (κ3) is 5.94. The summed E-state index contributed by atoms with van der Waals surface area (Å²) in [6, 6.07) is 17.4. The molecule has 3 heterocycles. The highest BCUT2D eigenvalue weighted by Crippen LogP contribution is 2.46. The second-order valence-corrected chi connectivity index (χ2v) is 12.4. The number of para-hydroxylation sites is 1. The molecule has 4 amide bonds. The molecule has 2 N–H and O–H groups in total. The van der Waals surface area contributed by atoms with E-state index in [0.29, 0.717) is 44.8 Å². The molecule has 39 heavy (non-hydrogen) atoms. The first-order chi connectivity index (χ1) is 18.9. The smallest absolute Gasteiger partial charge is 0.322 e. The Morgan fingerprint density at radius 2 is 1.74 bits per heavy atom. The molecule has 0 bridgehead atoms. The minimum Gasteiger partial charge on any atom is -0.394 e. The number of nitrogens with zero attached hydrogens (tertiary/aromatic N) is 3. The van der Waals surface area contributed by atoms with Crippen molar-refractivity contribution in [1.29, 1.82) is 0 Å². The van der Waals surface area contributed by atoms with Gasteiger partial charge in [0.1, 0.15) is 5.37 Å². The molecular formula is C30H38N4O4S. The molecule has 0 saturated carbocycles. The predicted molar refractivity (Wildman–Crippen MR) is 153 cm³/mol. The Bertz CT molecular complexity index is 1180. The number of anilines is 1. The molecule has 208 valence electrons. The highest BCUT2D eigenvalue weighted by molar-refractivity contribution is 8.01. The fraction of sp³-hybridized carbons (Fsp3) is 0.500. The summed E-state index contributed by atoms with van der Waals surface area (Å²) >= 11 is 1.52. The maximum absolute atomic E-state index is 13.7. The number of carbonyl (C=O) groups is 3. The second kappa shape index (κ2) is 12.0. The average Bonchev–Trinajstić information content (AvgIpc) is 3.27. The lowest BCUT2D eigenvalue weighted by Gasteiger charge is -2.40. The number of likely N-dealkylation sites (tertiary alicyclic amines) is 1. The van der Waals surface area contributed by atoms with Crippen molar-refractivity contribution in [1.82, 2.24) is 14.7 Å². The molecule has 0 radical (unpaired) electrons. The third-order valence-corrected chi connectivity index (χ3v) is 9.44. The monoisotopic (exact) mass is 550 g/mol. The summed E-state index contributed by atoms with van der Waals surface area (Å²) in [5.74, 6) is 0.236. The van der Waals surface area contributed by atoms with Gasteiger partial charge in [0.05, 0.1) is 17.9 Å². The number of hydrogen-bond acceptors (Lipinski definition) is 5. The number of aliphatic hydroxyl groups excluding tert-OH is 1. The molecule has 2 unspecified atom stereocenters. The fourth-order valence-electron chi connectivity index (χ4n) is 5.98. The molecule has 0 aliphatic carbocycles. The lowest BCUT2D eigenvalue weighted by Crippen LogP contribution is -2.51. The molecule has 2 aromatic rings. The van der Waals surface area contributed by atoms with Gasteiger partial charge in [-0.05, 0) is 42.4 Å². The van der Waals surface area contributed by atoms with Crippen molar-refractivity contribution in [2.45, 2.75) is 68.8 Å². The van der Waals surface area contributed by atoms with Crippen LogP contribution in [0.25, 0.3) is 0 Å². The molecule has 3 atom stereocenters. The number of amides is 4. The van der Waals surface area contributed by atoms with E-state index in [0.717, 1.165) is 16.8 Å². The number of nitrogens with one attached hydrogen (secondary N) is 1. The van der Waals surface area contributed by atoms with Crippen molar-refractivity contribution in [3.8, 4) is 0 Å². The predicted octanol–water partition coefficient (Wildman–Crippen LogP) is 4.47. The van der Waals surface area contributed by atoms with Crippen LogP contribution in [0.3, 0.4) is 0 Å². The van der Waals surface area contributed by atoms with Crippen molar-refractivity contribution in [2.24, 2.45) is 5.92 Å². The fourth-order valence-corrected chi connectivity index (χ4v) is 7.49. The number of rotatable bonds is 8. The summed E-state index contributed by atoms with van der Waals surface area (Å²) in [6.45, 7) is 5.79. The van der Waals surface area contributed by atoms with Gasteiger partial charge in [0.15, 0.2) is 0 Å². The van der Waals surface area contributed by atoms with E-state index in [4.69, 9.17) is 0 Å². The molecule has 0 spiro atoms. The van der Waals surface area contributed by atoms with Crippen LogP contribution < -0.4 is 5.32 Å². The van der Waals surface area contributed by atoms with Crippen LogP contribution in [0.15, 0.2) is 54.6 Å². The molecular weight excluding hydrogens is 512 g/mol. The topological polar surface area (TPSA) is 93.2 Å². The van der Waals surface area contributed by atoms with Crippen molar-refractivity contribution in [2.75, 3.05) is 25.0 Å². The molecule has 9 heteroatoms. The van der Waals surface area contributed by atoms with Gasteiger partial charge in [0.2, 0.25) is 11.8 Å². The maximum Gasteiger partial charge on any atom is 0.322 e. The van der Waals surface area contributed by atoms with Gasteiger partial charge in [0, 0.05) is 37.8 Å². The van der Waals surface area contributed by atoms with Gasteiger partial charge >= 0.3 is 6.03 Å². The van der Waals surface area contributed by atoms with Crippen LogP contribution >= 0.6 is 11.8 Å². The number of hydrogen-bond donors (Lipinski definition) is 2. The standard InChI is InChI=1S/C30H38N4O4S/c1-20(2)16-24(19-35)34-28(37)26(39-29(34)21-8-4-3-5-9-21)17-27(36)32-14-12-23(13-15-32)33-18-22-10-6-7-11-25(22)31-30(33)38/h3-11,20,23-24,26,29,35H,12-19H2,1-2H3,(H,31,38)/t24-,26?,29?/m1/s1. The summed E-state index contributed by atoms with van der Waals surface area (Å²) in [7, 11) is 0. The highest BCUT2D eigenvalue weighted by atomic mass is 32.2. The van der Waals surface area contributed by atoms with E-state index in [1.807, 2.05) is 69.3 Å². The number of aliphatic hydroxyl groups is 1. The van der Waals surface area contributed by atoms with Crippen LogP contribution in [0.4, 0.5) is 10.5 Å². The minimum absolute atomic E-state index is 0.0224. The van der Waals surface area contributed by atoms with Gasteiger partial charge in [-0.2, -0.15) is 0 Å². The minimum atomic E-state index is -0.481. The van der Waals surface area contributed by atoms with Gasteiger partial charge in [-0.1, -0.05) is 62.4 Å². The maximum atomic E-state index is 13.7. The van der Waals surface area contributed by atoms with Crippen molar-refractivity contribution in [3.05, 3.63) is 65.7 Å². The van der Waals surface area contributed by atoms with Gasteiger partial charge in [-0.25, -0.2) is 4.79 Å². The summed E-state index contributed by atoms with van der Waals surface area (Å²) in [6.07, 6.45) is 2.28. The van der Waals surface area contributed by atoms with Gasteiger partial charge in [-0.3, -0.25) is 9.59 Å². The molecule has 3 aliphatic heterocycles. The zero-order valence-electron chi connectivity index (χ0n) is 22.7. The molecule has 2 aromatic carbocycles. The SMILES string of the molecule is CC(C)C[C@H](CO)N1C(=O)C(CC(=O)N2CCC(N3Cc4ccccc4NC3=O)CC2)SC1c1ccccc1. The quantitative estimate of drug-likeness (QED) is 0.506. The molecule has 0 aromatic heterocycles. The van der Waals surface area contributed by atoms with Crippen molar-refractivity contribution >= 4 is 35.3 Å². The second-order valence-electron chi connectivity index (χ2n) is 11.1. The van der Waals surface area contributed by atoms with E-state index in [1.54, 1.807) is 0 Å². The number of fused-ring (bicyclic) bond motifs is 1. The van der Waals surface area contributed by atoms with E-state index in [9.17, 15) is 19.5 Å². The van der Waals surface area contributed by atoms with Crippen LogP contribution in [0.1, 0.15) is 56.0 Å².